The van der Waals surface area contributed by atoms with Crippen LogP contribution in [0.25, 0.3) is 11.1 Å². The number of hydrogen-bond acceptors (Lipinski definition) is 4. The Balaban J connectivity index is 0.00000210. The van der Waals surface area contributed by atoms with Crippen LogP contribution in [-0.4, -0.2) is 31.3 Å². The normalized spacial score (nSPS) is 20.6. The van der Waals surface area contributed by atoms with Gasteiger partial charge in [0, 0.05) is 30.8 Å². The number of amides is 1. The van der Waals surface area contributed by atoms with Crippen molar-refractivity contribution in [1.82, 2.24) is 5.32 Å². The van der Waals surface area contributed by atoms with Crippen LogP contribution in [0, 0.1) is 0 Å². The van der Waals surface area contributed by atoms with Crippen molar-refractivity contribution in [3.63, 3.8) is 0 Å². The first kappa shape index (κ1) is 19.7. The van der Waals surface area contributed by atoms with E-state index in [9.17, 15) is 4.79 Å². The summed E-state index contributed by atoms with van der Waals surface area (Å²) in [6.45, 7) is 1.64. The zero-order valence-electron chi connectivity index (χ0n) is 15.1. The Bertz CT molecular complexity index is 791. The molecule has 2 aliphatic heterocycles. The highest BCUT2D eigenvalue weighted by molar-refractivity contribution is 5.87. The summed E-state index contributed by atoms with van der Waals surface area (Å²) in [7, 11) is 0. The van der Waals surface area contributed by atoms with E-state index in [4.69, 9.17) is 15.2 Å². The van der Waals surface area contributed by atoms with Gasteiger partial charge >= 0.3 is 0 Å². The minimum absolute atomic E-state index is 0. The molecular weight excluding hydrogens is 364 g/mol. The minimum Gasteiger partial charge on any atom is -0.492 e. The van der Waals surface area contributed by atoms with Crippen molar-refractivity contribution in [3.05, 3.63) is 54.1 Å². The molecule has 2 aromatic rings. The number of benzene rings is 2. The SMILES string of the molecule is Cl.NC1(C(=O)NC2CCOc3c(-c4ccccc4)cccc32)CCOCC1. The Kier molecular flexibility index (Phi) is 6.05. The largest absolute Gasteiger partial charge is 0.492 e. The second kappa shape index (κ2) is 8.30. The van der Waals surface area contributed by atoms with E-state index in [1.807, 2.05) is 30.3 Å². The zero-order chi connectivity index (χ0) is 18.0. The molecule has 1 saturated heterocycles. The van der Waals surface area contributed by atoms with Gasteiger partial charge in [-0.05, 0) is 18.4 Å². The molecule has 0 aromatic heterocycles. The van der Waals surface area contributed by atoms with Crippen molar-refractivity contribution in [2.24, 2.45) is 5.73 Å². The van der Waals surface area contributed by atoms with Crippen LogP contribution < -0.4 is 15.8 Å². The number of rotatable bonds is 3. The molecule has 5 nitrogen and oxygen atoms in total. The second-order valence-corrected chi connectivity index (χ2v) is 7.02. The van der Waals surface area contributed by atoms with Crippen LogP contribution in [0.3, 0.4) is 0 Å². The summed E-state index contributed by atoms with van der Waals surface area (Å²) in [5.74, 6) is 0.761. The number of carbonyl (C=O) groups excluding carboxylic acids is 1. The van der Waals surface area contributed by atoms with Crippen molar-refractivity contribution in [3.8, 4) is 16.9 Å². The van der Waals surface area contributed by atoms with E-state index in [0.717, 1.165) is 28.9 Å². The lowest BCUT2D eigenvalue weighted by molar-refractivity contribution is -0.130. The first-order valence-electron chi connectivity index (χ1n) is 9.16. The lowest BCUT2D eigenvalue weighted by atomic mass is 9.88. The monoisotopic (exact) mass is 388 g/mol. The summed E-state index contributed by atoms with van der Waals surface area (Å²) < 4.78 is 11.3. The molecule has 0 aliphatic carbocycles. The quantitative estimate of drug-likeness (QED) is 0.846. The maximum Gasteiger partial charge on any atom is 0.240 e. The van der Waals surface area contributed by atoms with E-state index in [1.165, 1.54) is 0 Å². The number of hydrogen-bond donors (Lipinski definition) is 2. The van der Waals surface area contributed by atoms with Crippen molar-refractivity contribution in [1.29, 1.82) is 0 Å². The smallest absolute Gasteiger partial charge is 0.240 e. The topological polar surface area (TPSA) is 73.6 Å². The van der Waals surface area contributed by atoms with E-state index in [-0.39, 0.29) is 24.4 Å². The third-order valence-corrected chi connectivity index (χ3v) is 5.30. The van der Waals surface area contributed by atoms with Crippen molar-refractivity contribution >= 4 is 18.3 Å². The molecule has 1 fully saturated rings. The molecule has 4 rings (SSSR count). The fraction of sp³-hybridized carbons (Fsp3) is 0.381. The van der Waals surface area contributed by atoms with Crippen molar-refractivity contribution in [2.45, 2.75) is 30.8 Å². The lowest BCUT2D eigenvalue weighted by Crippen LogP contribution is -2.57. The molecule has 2 heterocycles. The van der Waals surface area contributed by atoms with Gasteiger partial charge in [0.15, 0.2) is 0 Å². The summed E-state index contributed by atoms with van der Waals surface area (Å²) in [6.07, 6.45) is 1.85. The second-order valence-electron chi connectivity index (χ2n) is 7.02. The number of nitrogens with two attached hydrogens (primary N) is 1. The van der Waals surface area contributed by atoms with Crippen LogP contribution in [0.15, 0.2) is 48.5 Å². The van der Waals surface area contributed by atoms with E-state index in [2.05, 4.69) is 23.5 Å². The zero-order valence-corrected chi connectivity index (χ0v) is 16.0. The van der Waals surface area contributed by atoms with Crippen LogP contribution in [0.4, 0.5) is 0 Å². The summed E-state index contributed by atoms with van der Waals surface area (Å²) in [5.41, 5.74) is 8.67. The fourth-order valence-corrected chi connectivity index (χ4v) is 3.68. The number of ether oxygens (including phenoxy) is 2. The van der Waals surface area contributed by atoms with Gasteiger partial charge in [-0.2, -0.15) is 0 Å². The number of para-hydroxylation sites is 1. The van der Waals surface area contributed by atoms with Crippen molar-refractivity contribution < 1.29 is 14.3 Å². The van der Waals surface area contributed by atoms with Gasteiger partial charge in [0.2, 0.25) is 5.91 Å². The highest BCUT2D eigenvalue weighted by Crippen LogP contribution is 2.40. The molecule has 27 heavy (non-hydrogen) atoms. The highest BCUT2D eigenvalue weighted by Gasteiger charge is 2.38. The van der Waals surface area contributed by atoms with Crippen molar-refractivity contribution in [2.75, 3.05) is 19.8 Å². The molecule has 6 heteroatoms. The molecular formula is C21H25ClN2O3. The molecule has 0 radical (unpaired) electrons. The predicted octanol–water partition coefficient (Wildman–Crippen LogP) is 3.22. The molecule has 0 bridgehead atoms. The Morgan fingerprint density at radius 3 is 2.52 bits per heavy atom. The molecule has 0 saturated carbocycles. The van der Waals surface area contributed by atoms with Crippen LogP contribution in [0.2, 0.25) is 0 Å². The molecule has 2 aromatic carbocycles. The fourth-order valence-electron chi connectivity index (χ4n) is 3.68. The van der Waals surface area contributed by atoms with E-state index in [1.54, 1.807) is 0 Å². The van der Waals surface area contributed by atoms with Gasteiger partial charge in [-0.15, -0.1) is 12.4 Å². The maximum atomic E-state index is 12.8. The average Bonchev–Trinajstić information content (AvgIpc) is 2.69. The Hall–Kier alpha value is -2.08. The van der Waals surface area contributed by atoms with Gasteiger partial charge in [0.05, 0.1) is 18.2 Å². The molecule has 144 valence electrons. The number of carbonyl (C=O) groups is 1. The molecule has 2 aliphatic rings. The molecule has 1 atom stereocenters. The molecule has 1 unspecified atom stereocenters. The summed E-state index contributed by atoms with van der Waals surface area (Å²) >= 11 is 0. The van der Waals surface area contributed by atoms with E-state index >= 15 is 0 Å². The van der Waals surface area contributed by atoms with Gasteiger partial charge in [-0.1, -0.05) is 48.5 Å². The van der Waals surface area contributed by atoms with Gasteiger partial charge in [-0.25, -0.2) is 0 Å². The van der Waals surface area contributed by atoms with E-state index in [0.29, 0.717) is 32.7 Å². The Morgan fingerprint density at radius 1 is 1.04 bits per heavy atom. The van der Waals surface area contributed by atoms with Gasteiger partial charge in [0.1, 0.15) is 5.75 Å². The van der Waals surface area contributed by atoms with Crippen LogP contribution in [0.5, 0.6) is 5.75 Å². The van der Waals surface area contributed by atoms with Crippen LogP contribution >= 0.6 is 12.4 Å². The number of halogens is 1. The highest BCUT2D eigenvalue weighted by atomic mass is 35.5. The third kappa shape index (κ3) is 3.95. The van der Waals surface area contributed by atoms with Gasteiger partial charge < -0.3 is 20.5 Å². The summed E-state index contributed by atoms with van der Waals surface area (Å²) in [4.78, 5) is 12.8. The third-order valence-electron chi connectivity index (χ3n) is 5.30. The summed E-state index contributed by atoms with van der Waals surface area (Å²) in [5, 5.41) is 3.16. The lowest BCUT2D eigenvalue weighted by Gasteiger charge is -2.35. The molecule has 3 N–H and O–H groups in total. The molecule has 0 spiro atoms. The number of nitrogens with one attached hydrogen (secondary N) is 1. The molecule has 1 amide bonds. The average molecular weight is 389 g/mol. The standard InChI is InChI=1S/C21H24N2O3.ClH/c22-21(10-13-25-14-11-21)20(24)23-18-9-12-26-19-16(7-4-8-17(18)19)15-5-2-1-3-6-15;/h1-8,18H,9-14,22H2,(H,23,24);1H. The number of fused-ring (bicyclic) bond motifs is 1. The summed E-state index contributed by atoms with van der Waals surface area (Å²) in [6, 6.07) is 16.2. The van der Waals surface area contributed by atoms with Gasteiger partial charge in [-0.3, -0.25) is 4.79 Å². The Labute approximate surface area is 165 Å². The Morgan fingerprint density at radius 2 is 1.78 bits per heavy atom. The predicted molar refractivity (Wildman–Crippen MR) is 107 cm³/mol. The minimum atomic E-state index is -0.840. The van der Waals surface area contributed by atoms with Crippen LogP contribution in [-0.2, 0) is 9.53 Å². The first-order valence-corrected chi connectivity index (χ1v) is 9.16. The first-order chi connectivity index (χ1) is 12.7. The van der Waals surface area contributed by atoms with E-state index < -0.39 is 5.54 Å². The van der Waals surface area contributed by atoms with Gasteiger partial charge in [0.25, 0.3) is 0 Å². The van der Waals surface area contributed by atoms with Crippen LogP contribution in [0.1, 0.15) is 30.9 Å². The maximum absolute atomic E-state index is 12.8.